The summed E-state index contributed by atoms with van der Waals surface area (Å²) in [5.41, 5.74) is 17.5. The predicted molar refractivity (Wildman–Crippen MR) is 469 cm³/mol. The molecule has 8 aromatic carbocycles. The molecule has 126 heavy (non-hydrogen) atoms. The van der Waals surface area contributed by atoms with E-state index in [9.17, 15) is 98.0 Å². The number of carbonyl (C=O) groups is 4. The van der Waals surface area contributed by atoms with Crippen LogP contribution in [0.15, 0.2) is 218 Å². The summed E-state index contributed by atoms with van der Waals surface area (Å²) in [5.74, 6) is -5.44. The number of carboxylic acid groups (broad SMARTS) is 4. The normalized spacial score (nSPS) is 15.7. The first-order valence-electron chi connectivity index (χ1n) is 41.4. The van der Waals surface area contributed by atoms with Crippen LogP contribution < -0.4 is 20.4 Å². The molecule has 640 valence electrons. The van der Waals surface area contributed by atoms with Crippen molar-refractivity contribution in [3.8, 4) is 44.5 Å². The monoisotopic (exact) mass is 1760 g/mol. The Labute approximate surface area is 784 Å². The standard InChI is InChI=1S/4C25H24FNO4.2Ca/c4*26-17-9-7-15(8-10-17)24-20-3-1-2-4-22(20)27-25(16-5-6-16)21(24)12-11-18(28)13-19(29)14-23(30)31;;/h4*1-4,7-12,16,18-19,28-29H,5-6,13-14H2,(H,30,31);;/q;;;;2*+2/p-4/b4*12-11+;;/t4*18-,19-;;/m1100../s1. The minimum absolute atomic E-state index is 0. The van der Waals surface area contributed by atoms with Gasteiger partial charge in [0.1, 0.15) is 23.3 Å². The molecule has 0 spiro atoms. The first-order chi connectivity index (χ1) is 59.7. The van der Waals surface area contributed by atoms with Gasteiger partial charge in [0.05, 0.1) is 93.7 Å². The van der Waals surface area contributed by atoms with E-state index in [4.69, 9.17) is 19.9 Å². The molecule has 26 heteroatoms. The van der Waals surface area contributed by atoms with Gasteiger partial charge in [0.25, 0.3) is 0 Å². The number of pyridine rings is 4. The number of fused-ring (bicyclic) bond motifs is 4. The summed E-state index contributed by atoms with van der Waals surface area (Å²) in [6.45, 7) is 0. The van der Waals surface area contributed by atoms with Gasteiger partial charge < -0.3 is 80.5 Å². The van der Waals surface area contributed by atoms with Crippen molar-refractivity contribution in [3.05, 3.63) is 287 Å². The van der Waals surface area contributed by atoms with Gasteiger partial charge in [0.2, 0.25) is 0 Å². The molecule has 0 aliphatic heterocycles. The summed E-state index contributed by atoms with van der Waals surface area (Å²) in [7, 11) is 0. The summed E-state index contributed by atoms with van der Waals surface area (Å²) < 4.78 is 54.3. The Kier molecular flexibility index (Phi) is 34.7. The van der Waals surface area contributed by atoms with Crippen molar-refractivity contribution in [3.63, 3.8) is 0 Å². The molecule has 20 nitrogen and oxygen atoms in total. The van der Waals surface area contributed by atoms with Gasteiger partial charge in [0.15, 0.2) is 0 Å². The van der Waals surface area contributed by atoms with E-state index in [1.807, 2.05) is 97.1 Å². The number of aromatic nitrogens is 4. The van der Waals surface area contributed by atoms with Gasteiger partial charge in [0, 0.05) is 165 Å². The van der Waals surface area contributed by atoms with Gasteiger partial charge in [-0.2, -0.15) is 0 Å². The van der Waals surface area contributed by atoms with Crippen LogP contribution in [0.25, 0.3) is 112 Å². The molecule has 12 aromatic rings. The largest absolute Gasteiger partial charge is 2.00 e. The van der Waals surface area contributed by atoms with Crippen LogP contribution in [0.4, 0.5) is 17.6 Å². The summed E-state index contributed by atoms with van der Waals surface area (Å²) in [6.07, 6.45) is 10.0. The van der Waals surface area contributed by atoms with E-state index in [2.05, 4.69) is 0 Å². The van der Waals surface area contributed by atoms with Gasteiger partial charge >= 0.3 is 75.5 Å². The van der Waals surface area contributed by atoms with Gasteiger partial charge in [-0.15, -0.1) is 0 Å². The van der Waals surface area contributed by atoms with Crippen molar-refractivity contribution in [2.75, 3.05) is 0 Å². The molecule has 4 fully saturated rings. The topological polar surface area (TPSA) is 374 Å². The van der Waals surface area contributed by atoms with E-state index >= 15 is 0 Å². The van der Waals surface area contributed by atoms with E-state index in [1.54, 1.807) is 97.1 Å². The van der Waals surface area contributed by atoms with Crippen LogP contribution in [-0.2, 0) is 19.2 Å². The van der Waals surface area contributed by atoms with E-state index in [-0.39, 0.29) is 124 Å². The number of halogens is 4. The van der Waals surface area contributed by atoms with Gasteiger partial charge in [-0.05, 0) is 146 Å². The zero-order valence-corrected chi connectivity index (χ0v) is 73.3. The average molecular weight is 1760 g/mol. The Bertz CT molecular complexity index is 5230. The zero-order chi connectivity index (χ0) is 87.8. The molecule has 8 N–H and O–H groups in total. The van der Waals surface area contributed by atoms with Crippen LogP contribution in [0, 0.1) is 23.3 Å². The number of rotatable bonds is 32. The third-order valence-corrected chi connectivity index (χ3v) is 21.8. The quantitative estimate of drug-likeness (QED) is 0.0143. The third kappa shape index (κ3) is 26.7. The summed E-state index contributed by atoms with van der Waals surface area (Å²) in [4.78, 5) is 62.1. The maximum absolute atomic E-state index is 13.6. The van der Waals surface area contributed by atoms with Crippen LogP contribution in [0.3, 0.4) is 0 Å². The average Bonchev–Trinajstić information content (AvgIpc) is 1.34. The van der Waals surface area contributed by atoms with Gasteiger partial charge in [-0.25, -0.2) is 17.6 Å². The van der Waals surface area contributed by atoms with Crippen LogP contribution in [0.1, 0.15) is 171 Å². The van der Waals surface area contributed by atoms with E-state index in [0.29, 0.717) is 23.7 Å². The zero-order valence-electron chi connectivity index (χ0n) is 68.9. The molecule has 0 radical (unpaired) electrons. The Morgan fingerprint density at radius 2 is 0.468 bits per heavy atom. The number of aliphatic carboxylic acids is 4. The Morgan fingerprint density at radius 1 is 0.294 bits per heavy atom. The molecule has 0 amide bonds. The number of aliphatic hydroxyl groups excluding tert-OH is 8. The molecule has 0 saturated heterocycles. The first kappa shape index (κ1) is 96.8. The number of aliphatic hydroxyl groups is 8. The molecular formula is C100H92Ca2F4N4O16. The van der Waals surface area contributed by atoms with Crippen molar-refractivity contribution in [2.24, 2.45) is 0 Å². The number of nitrogens with zero attached hydrogens (tertiary/aromatic N) is 4. The maximum Gasteiger partial charge on any atom is 2.00 e. The number of benzene rings is 8. The molecule has 4 aliphatic carbocycles. The maximum atomic E-state index is 13.6. The fraction of sp³-hybridized carbons (Fsp3) is 0.280. The molecular weight excluding hydrogens is 1670 g/mol. The van der Waals surface area contributed by atoms with Gasteiger partial charge in [-0.3, -0.25) is 19.9 Å². The van der Waals surface area contributed by atoms with Crippen LogP contribution in [0.2, 0.25) is 0 Å². The molecule has 4 aliphatic rings. The molecule has 8 atom stereocenters. The summed E-state index contributed by atoms with van der Waals surface area (Å²) in [5, 5.41) is 127. The molecule has 4 heterocycles. The van der Waals surface area contributed by atoms with Gasteiger partial charge in [-0.1, -0.05) is 170 Å². The second-order valence-electron chi connectivity index (χ2n) is 31.9. The minimum atomic E-state index is -1.36. The van der Waals surface area contributed by atoms with Crippen LogP contribution >= 0.6 is 0 Å². The predicted octanol–water partition coefficient (Wildman–Crippen LogP) is 12.0. The van der Waals surface area contributed by atoms with Crippen LogP contribution in [-0.4, -0.2) is 209 Å². The van der Waals surface area contributed by atoms with Crippen molar-refractivity contribution < 1.29 is 98.0 Å². The van der Waals surface area contributed by atoms with Crippen molar-refractivity contribution in [2.45, 2.75) is 175 Å². The Morgan fingerprint density at radius 3 is 0.635 bits per heavy atom. The van der Waals surface area contributed by atoms with E-state index in [0.717, 1.165) is 185 Å². The molecule has 0 bridgehead atoms. The number of carbonyl (C=O) groups excluding carboxylic acids is 4. The van der Waals surface area contributed by atoms with Crippen molar-refractivity contribution in [1.29, 1.82) is 0 Å². The molecule has 16 rings (SSSR count). The fourth-order valence-corrected chi connectivity index (χ4v) is 15.4. The fourth-order valence-electron chi connectivity index (χ4n) is 15.4. The number of hydrogen-bond donors (Lipinski definition) is 8. The smallest absolute Gasteiger partial charge is 0.550 e. The number of carboxylic acids is 4. The van der Waals surface area contributed by atoms with Crippen molar-refractivity contribution >= 4 is 167 Å². The number of para-hydroxylation sites is 4. The first-order valence-corrected chi connectivity index (χ1v) is 41.4. The second kappa shape index (κ2) is 45.2. The van der Waals surface area contributed by atoms with Crippen LogP contribution in [0.5, 0.6) is 0 Å². The SMILES string of the molecule is O=C([O-])C[C@@H](O)C[C@@H](O)/C=C/c1c(C2CC2)nc2ccccc2c1-c1ccc(F)cc1.O=C([O-])C[C@@H](O)C[C@@H](O)/C=C/c1c(C2CC2)nc2ccccc2c1-c1ccc(F)cc1.O=C([O-])C[C@H](O)C[C@H](O)/C=C/c1c(C2CC2)nc2ccccc2c1-c1ccc(F)cc1.O=C([O-])C[C@H](O)C[C@H](O)/C=C/c1c(C2CC2)nc2ccccc2c1-c1ccc(F)cc1.[Ca+2].[Ca+2]. The summed E-state index contributed by atoms with van der Waals surface area (Å²) in [6, 6.07) is 56.2. The Hall–Kier alpha value is -9.84. The molecule has 4 saturated carbocycles. The van der Waals surface area contributed by atoms with Crippen molar-refractivity contribution in [1.82, 2.24) is 19.9 Å². The third-order valence-electron chi connectivity index (χ3n) is 21.8. The van der Waals surface area contributed by atoms with E-state index in [1.165, 1.54) is 48.5 Å². The molecule has 0 unspecified atom stereocenters. The Balaban J connectivity index is 0.000000162. The minimum Gasteiger partial charge on any atom is -0.550 e. The second-order valence-corrected chi connectivity index (χ2v) is 31.9. The molecule has 4 aromatic heterocycles. The number of hydrogen-bond acceptors (Lipinski definition) is 20. The summed E-state index contributed by atoms with van der Waals surface area (Å²) >= 11 is 0. The van der Waals surface area contributed by atoms with E-state index < -0.39 is 98.4 Å².